The van der Waals surface area contributed by atoms with Crippen molar-refractivity contribution < 1.29 is 9.59 Å². The summed E-state index contributed by atoms with van der Waals surface area (Å²) in [6.45, 7) is 5.48. The lowest BCUT2D eigenvalue weighted by molar-refractivity contribution is -0.146. The summed E-state index contributed by atoms with van der Waals surface area (Å²) in [6.07, 6.45) is 3.25. The molecule has 5 heteroatoms. The molecule has 1 aliphatic carbocycles. The van der Waals surface area contributed by atoms with E-state index >= 15 is 0 Å². The summed E-state index contributed by atoms with van der Waals surface area (Å²) >= 11 is 0. The van der Waals surface area contributed by atoms with Crippen molar-refractivity contribution in [3.05, 3.63) is 35.9 Å². The van der Waals surface area contributed by atoms with E-state index in [9.17, 15) is 9.59 Å². The van der Waals surface area contributed by atoms with Crippen LogP contribution >= 0.6 is 0 Å². The Bertz CT molecular complexity index is 592. The van der Waals surface area contributed by atoms with Crippen LogP contribution < -0.4 is 0 Å². The van der Waals surface area contributed by atoms with E-state index in [0.29, 0.717) is 32.1 Å². The highest BCUT2D eigenvalue weighted by Gasteiger charge is 2.34. The van der Waals surface area contributed by atoms with Crippen molar-refractivity contribution in [1.29, 1.82) is 0 Å². The first-order valence-corrected chi connectivity index (χ1v) is 9.44. The predicted molar refractivity (Wildman–Crippen MR) is 98.0 cm³/mol. The normalized spacial score (nSPS) is 19.6. The first-order chi connectivity index (χ1) is 12.1. The first kappa shape index (κ1) is 17.9. The van der Waals surface area contributed by atoms with Gasteiger partial charge in [0.05, 0.1) is 0 Å². The monoisotopic (exact) mass is 343 g/mol. The summed E-state index contributed by atoms with van der Waals surface area (Å²) in [6, 6.07) is 9.72. The molecule has 1 atom stereocenters. The van der Waals surface area contributed by atoms with Crippen molar-refractivity contribution in [3.8, 4) is 0 Å². The Balaban J connectivity index is 1.64. The van der Waals surface area contributed by atoms with E-state index in [1.165, 1.54) is 6.42 Å². The number of piperazine rings is 1. The smallest absolute Gasteiger partial charge is 0.244 e. The van der Waals surface area contributed by atoms with Crippen molar-refractivity contribution in [2.45, 2.75) is 32.2 Å². The van der Waals surface area contributed by atoms with Gasteiger partial charge in [-0.05, 0) is 32.0 Å². The van der Waals surface area contributed by atoms with Gasteiger partial charge in [-0.1, -0.05) is 43.7 Å². The molecule has 2 fully saturated rings. The van der Waals surface area contributed by atoms with Crippen LogP contribution in [0.25, 0.3) is 0 Å². The van der Waals surface area contributed by atoms with Crippen LogP contribution in [0.4, 0.5) is 0 Å². The minimum absolute atomic E-state index is 0.145. The molecular weight excluding hydrogens is 314 g/mol. The van der Waals surface area contributed by atoms with E-state index < -0.39 is 0 Å². The van der Waals surface area contributed by atoms with Crippen LogP contribution in [0.1, 0.15) is 37.8 Å². The van der Waals surface area contributed by atoms with E-state index in [1.54, 1.807) is 0 Å². The van der Waals surface area contributed by atoms with Crippen LogP contribution in [0.3, 0.4) is 0 Å². The zero-order valence-corrected chi connectivity index (χ0v) is 15.4. The van der Waals surface area contributed by atoms with Crippen LogP contribution in [0, 0.1) is 5.92 Å². The number of benzene rings is 1. The molecule has 1 aromatic carbocycles. The highest BCUT2D eigenvalue weighted by molar-refractivity contribution is 5.84. The van der Waals surface area contributed by atoms with Gasteiger partial charge in [0.1, 0.15) is 6.04 Å². The fourth-order valence-electron chi connectivity index (χ4n) is 3.64. The molecule has 0 unspecified atom stereocenters. The third-order valence-corrected chi connectivity index (χ3v) is 5.65. The molecular formula is C20H29N3O2. The van der Waals surface area contributed by atoms with E-state index in [4.69, 9.17) is 0 Å². The topological polar surface area (TPSA) is 43.9 Å². The molecule has 0 N–H and O–H groups in total. The molecule has 2 aliphatic rings. The Labute approximate surface area is 150 Å². The summed E-state index contributed by atoms with van der Waals surface area (Å²) in [4.78, 5) is 31.5. The molecule has 0 aromatic heterocycles. The lowest BCUT2D eigenvalue weighted by Crippen LogP contribution is -2.54. The maximum atomic E-state index is 13.2. The van der Waals surface area contributed by atoms with E-state index in [-0.39, 0.29) is 17.9 Å². The maximum absolute atomic E-state index is 13.2. The van der Waals surface area contributed by atoms with Crippen molar-refractivity contribution in [3.63, 3.8) is 0 Å². The van der Waals surface area contributed by atoms with E-state index in [2.05, 4.69) is 11.8 Å². The lowest BCUT2D eigenvalue weighted by atomic mass is 9.84. The highest BCUT2D eigenvalue weighted by atomic mass is 16.2. The fraction of sp³-hybridized carbons (Fsp3) is 0.600. The second-order valence-corrected chi connectivity index (χ2v) is 7.16. The number of nitrogens with zero attached hydrogens (tertiary/aromatic N) is 3. The molecule has 3 rings (SSSR count). The molecule has 1 saturated heterocycles. The summed E-state index contributed by atoms with van der Waals surface area (Å²) in [5.74, 6) is 0.681. The number of carbonyl (C=O) groups excluding carboxylic acids is 2. The summed E-state index contributed by atoms with van der Waals surface area (Å²) < 4.78 is 0. The summed E-state index contributed by atoms with van der Waals surface area (Å²) in [7, 11) is 1.99. The first-order valence-electron chi connectivity index (χ1n) is 9.44. The van der Waals surface area contributed by atoms with Crippen molar-refractivity contribution in [1.82, 2.24) is 14.7 Å². The molecule has 1 saturated carbocycles. The SMILES string of the molecule is CCN(C)[C@@H](C(=O)N1CCN(C(=O)C2CCC2)CC1)c1ccccc1. The maximum Gasteiger partial charge on any atom is 0.244 e. The zero-order chi connectivity index (χ0) is 17.8. The van der Waals surface area contributed by atoms with Gasteiger partial charge >= 0.3 is 0 Å². The third-order valence-electron chi connectivity index (χ3n) is 5.65. The van der Waals surface area contributed by atoms with Crippen LogP contribution in [-0.2, 0) is 9.59 Å². The minimum Gasteiger partial charge on any atom is -0.339 e. The van der Waals surface area contributed by atoms with Gasteiger partial charge in [-0.2, -0.15) is 0 Å². The van der Waals surface area contributed by atoms with Crippen molar-refractivity contribution in [2.24, 2.45) is 5.92 Å². The molecule has 1 heterocycles. The summed E-state index contributed by atoms with van der Waals surface area (Å²) in [5.41, 5.74) is 1.03. The van der Waals surface area contributed by atoms with Gasteiger partial charge in [-0.15, -0.1) is 0 Å². The van der Waals surface area contributed by atoms with Gasteiger partial charge < -0.3 is 9.80 Å². The van der Waals surface area contributed by atoms with Crippen LogP contribution in [-0.4, -0.2) is 66.3 Å². The van der Waals surface area contributed by atoms with Gasteiger partial charge in [0, 0.05) is 32.1 Å². The molecule has 0 radical (unpaired) electrons. The number of hydrogen-bond acceptors (Lipinski definition) is 3. The Morgan fingerprint density at radius 1 is 1.08 bits per heavy atom. The van der Waals surface area contributed by atoms with E-state index in [0.717, 1.165) is 24.9 Å². The molecule has 136 valence electrons. The molecule has 0 spiro atoms. The molecule has 5 nitrogen and oxygen atoms in total. The standard InChI is InChI=1S/C20H29N3O2/c1-3-21(2)18(16-8-5-4-6-9-16)20(25)23-14-12-22(13-15-23)19(24)17-10-7-11-17/h4-6,8-9,17-18H,3,7,10-15H2,1-2H3/t18-/m1/s1. The van der Waals surface area contributed by atoms with Gasteiger partial charge in [0.2, 0.25) is 11.8 Å². The van der Waals surface area contributed by atoms with Gasteiger partial charge in [0.25, 0.3) is 0 Å². The highest BCUT2D eigenvalue weighted by Crippen LogP contribution is 2.29. The van der Waals surface area contributed by atoms with Crippen LogP contribution in [0.15, 0.2) is 30.3 Å². The average molecular weight is 343 g/mol. The summed E-state index contributed by atoms with van der Waals surface area (Å²) in [5, 5.41) is 0. The Morgan fingerprint density at radius 3 is 2.20 bits per heavy atom. The number of rotatable bonds is 5. The second-order valence-electron chi connectivity index (χ2n) is 7.16. The Morgan fingerprint density at radius 2 is 1.68 bits per heavy atom. The second kappa shape index (κ2) is 8.00. The number of amides is 2. The van der Waals surface area contributed by atoms with Gasteiger partial charge in [-0.3, -0.25) is 14.5 Å². The molecule has 2 amide bonds. The largest absolute Gasteiger partial charge is 0.339 e. The number of likely N-dealkylation sites (N-methyl/N-ethyl adjacent to an activating group) is 1. The molecule has 25 heavy (non-hydrogen) atoms. The Kier molecular flexibility index (Phi) is 5.74. The molecule has 1 aliphatic heterocycles. The predicted octanol–water partition coefficient (Wildman–Crippen LogP) is 2.15. The third kappa shape index (κ3) is 3.87. The Hall–Kier alpha value is -1.88. The van der Waals surface area contributed by atoms with Crippen LogP contribution in [0.5, 0.6) is 0 Å². The van der Waals surface area contributed by atoms with Crippen molar-refractivity contribution >= 4 is 11.8 Å². The molecule has 0 bridgehead atoms. The zero-order valence-electron chi connectivity index (χ0n) is 15.4. The molecule has 1 aromatic rings. The average Bonchev–Trinajstić information content (AvgIpc) is 2.61. The van der Waals surface area contributed by atoms with E-state index in [1.807, 2.05) is 47.2 Å². The van der Waals surface area contributed by atoms with Gasteiger partial charge in [0.15, 0.2) is 0 Å². The number of hydrogen-bond donors (Lipinski definition) is 0. The fourth-order valence-corrected chi connectivity index (χ4v) is 3.64. The number of carbonyl (C=O) groups is 2. The van der Waals surface area contributed by atoms with Crippen LogP contribution in [0.2, 0.25) is 0 Å². The quantitative estimate of drug-likeness (QED) is 0.823. The van der Waals surface area contributed by atoms with Crippen molar-refractivity contribution in [2.75, 3.05) is 39.8 Å². The lowest BCUT2D eigenvalue weighted by Gasteiger charge is -2.40. The van der Waals surface area contributed by atoms with Gasteiger partial charge in [-0.25, -0.2) is 0 Å². The minimum atomic E-state index is -0.250.